The first-order chi connectivity index (χ1) is 8.02. The molecule has 0 aliphatic rings. The molecule has 5 nitrogen and oxygen atoms in total. The number of amides is 1. The first-order valence-corrected chi connectivity index (χ1v) is 5.86. The highest BCUT2D eigenvalue weighted by Gasteiger charge is 2.15. The molecular weight excluding hydrogens is 218 g/mol. The molecule has 0 radical (unpaired) electrons. The molecule has 0 heterocycles. The smallest absolute Gasteiger partial charge is 0.236 e. The Bertz CT molecular complexity index is 261. The molecule has 98 valence electrons. The fraction of sp³-hybridized carbons (Fsp3) is 0.833. The molecule has 17 heavy (non-hydrogen) atoms. The molecule has 1 amide bonds. The molecule has 0 spiro atoms. The quantitative estimate of drug-likeness (QED) is 0.628. The Balaban J connectivity index is 4.21. The summed E-state index contributed by atoms with van der Waals surface area (Å²) in [4.78, 5) is 15.5. The highest BCUT2D eigenvalue weighted by molar-refractivity contribution is 5.78. The second kappa shape index (κ2) is 8.97. The molecule has 0 unspecified atom stereocenters. The number of nitriles is 1. The highest BCUT2D eigenvalue weighted by Crippen LogP contribution is 1.98. The summed E-state index contributed by atoms with van der Waals surface area (Å²) in [5, 5.41) is 8.57. The van der Waals surface area contributed by atoms with Crippen LogP contribution < -0.4 is 0 Å². The van der Waals surface area contributed by atoms with Crippen LogP contribution in [0.5, 0.6) is 0 Å². The minimum Gasteiger partial charge on any atom is -0.383 e. The Hall–Kier alpha value is -1.12. The van der Waals surface area contributed by atoms with Gasteiger partial charge in [0.1, 0.15) is 0 Å². The normalized spacial score (nSPS) is 10.6. The standard InChI is InChI=1S/C12H23N3O2/c1-11(2)14(3)12(16)10-15(7-5-6-13)8-9-17-4/h11H,5,7-10H2,1-4H3. The van der Waals surface area contributed by atoms with E-state index < -0.39 is 0 Å². The monoisotopic (exact) mass is 241 g/mol. The van der Waals surface area contributed by atoms with Crippen molar-refractivity contribution in [2.75, 3.05) is 40.4 Å². The van der Waals surface area contributed by atoms with Crippen LogP contribution in [0.1, 0.15) is 20.3 Å². The van der Waals surface area contributed by atoms with E-state index in [0.29, 0.717) is 32.7 Å². The van der Waals surface area contributed by atoms with Gasteiger partial charge in [-0.05, 0) is 13.8 Å². The van der Waals surface area contributed by atoms with Gasteiger partial charge < -0.3 is 9.64 Å². The maximum absolute atomic E-state index is 11.9. The molecule has 0 saturated heterocycles. The van der Waals surface area contributed by atoms with Crippen LogP contribution in [0.4, 0.5) is 0 Å². The minimum absolute atomic E-state index is 0.0778. The molecule has 0 bridgehead atoms. The van der Waals surface area contributed by atoms with Crippen LogP contribution in [0.2, 0.25) is 0 Å². The van der Waals surface area contributed by atoms with Crippen LogP contribution in [0, 0.1) is 11.3 Å². The summed E-state index contributed by atoms with van der Waals surface area (Å²) < 4.78 is 4.99. The van der Waals surface area contributed by atoms with E-state index in [-0.39, 0.29) is 11.9 Å². The maximum Gasteiger partial charge on any atom is 0.236 e. The molecule has 5 heteroatoms. The number of ether oxygens (including phenoxy) is 1. The van der Waals surface area contributed by atoms with E-state index in [2.05, 4.69) is 6.07 Å². The lowest BCUT2D eigenvalue weighted by atomic mass is 10.3. The van der Waals surface area contributed by atoms with E-state index in [1.807, 2.05) is 18.7 Å². The van der Waals surface area contributed by atoms with Gasteiger partial charge in [-0.25, -0.2) is 0 Å². The first-order valence-electron chi connectivity index (χ1n) is 5.86. The summed E-state index contributed by atoms with van der Waals surface area (Å²) in [5.74, 6) is 0.0778. The van der Waals surface area contributed by atoms with Crippen molar-refractivity contribution in [1.82, 2.24) is 9.80 Å². The molecule has 0 aliphatic carbocycles. The lowest BCUT2D eigenvalue weighted by molar-refractivity contribution is -0.132. The van der Waals surface area contributed by atoms with E-state index in [0.717, 1.165) is 0 Å². The van der Waals surface area contributed by atoms with Crippen LogP contribution in [-0.2, 0) is 9.53 Å². The average molecular weight is 241 g/mol. The summed E-state index contributed by atoms with van der Waals surface area (Å²) in [5.41, 5.74) is 0. The summed E-state index contributed by atoms with van der Waals surface area (Å²) in [6, 6.07) is 2.29. The van der Waals surface area contributed by atoms with Gasteiger partial charge in [0.05, 0.1) is 19.2 Å². The molecule has 0 N–H and O–H groups in total. The van der Waals surface area contributed by atoms with Gasteiger partial charge in [-0.2, -0.15) is 5.26 Å². The number of rotatable bonds is 8. The fourth-order valence-electron chi connectivity index (χ4n) is 1.29. The zero-order valence-corrected chi connectivity index (χ0v) is 11.3. The van der Waals surface area contributed by atoms with Gasteiger partial charge >= 0.3 is 0 Å². The van der Waals surface area contributed by atoms with Crippen molar-refractivity contribution in [3.05, 3.63) is 0 Å². The van der Waals surface area contributed by atoms with Crippen molar-refractivity contribution in [3.63, 3.8) is 0 Å². The number of hydrogen-bond acceptors (Lipinski definition) is 4. The van der Waals surface area contributed by atoms with Gasteiger partial charge in [-0.15, -0.1) is 0 Å². The molecule has 0 fully saturated rings. The average Bonchev–Trinajstić information content (AvgIpc) is 2.31. The van der Waals surface area contributed by atoms with Crippen LogP contribution in [0.25, 0.3) is 0 Å². The molecule has 0 atom stereocenters. The summed E-state index contributed by atoms with van der Waals surface area (Å²) in [6.45, 7) is 6.16. The number of carbonyl (C=O) groups is 1. The number of carbonyl (C=O) groups excluding carboxylic acids is 1. The molecule has 0 saturated carbocycles. The minimum atomic E-state index is 0.0778. The van der Waals surface area contributed by atoms with Gasteiger partial charge in [0.15, 0.2) is 0 Å². The van der Waals surface area contributed by atoms with Gasteiger partial charge in [0.2, 0.25) is 5.91 Å². The zero-order valence-electron chi connectivity index (χ0n) is 11.3. The fourth-order valence-corrected chi connectivity index (χ4v) is 1.29. The zero-order chi connectivity index (χ0) is 13.3. The van der Waals surface area contributed by atoms with Gasteiger partial charge in [0.25, 0.3) is 0 Å². The lowest BCUT2D eigenvalue weighted by Crippen LogP contribution is -2.42. The van der Waals surface area contributed by atoms with Crippen molar-refractivity contribution in [2.24, 2.45) is 0 Å². The number of hydrogen-bond donors (Lipinski definition) is 0. The Morgan fingerprint density at radius 3 is 2.53 bits per heavy atom. The SMILES string of the molecule is COCCN(CCC#N)CC(=O)N(C)C(C)C. The van der Waals surface area contributed by atoms with Gasteiger partial charge in [-0.3, -0.25) is 9.69 Å². The Labute approximate surface area is 104 Å². The van der Waals surface area contributed by atoms with Crippen molar-refractivity contribution in [1.29, 1.82) is 5.26 Å². The van der Waals surface area contributed by atoms with E-state index in [1.54, 1.807) is 19.1 Å². The van der Waals surface area contributed by atoms with Crippen LogP contribution in [0.3, 0.4) is 0 Å². The third-order valence-electron chi connectivity index (χ3n) is 2.68. The number of methoxy groups -OCH3 is 1. The first kappa shape index (κ1) is 15.9. The molecule has 0 aromatic rings. The Morgan fingerprint density at radius 2 is 2.06 bits per heavy atom. The van der Waals surface area contributed by atoms with Crippen LogP contribution in [0.15, 0.2) is 0 Å². The number of likely N-dealkylation sites (N-methyl/N-ethyl adjacent to an activating group) is 1. The van der Waals surface area contributed by atoms with Crippen molar-refractivity contribution >= 4 is 5.91 Å². The molecule has 0 aromatic heterocycles. The third kappa shape index (κ3) is 6.93. The maximum atomic E-state index is 11.9. The van der Waals surface area contributed by atoms with Crippen molar-refractivity contribution in [2.45, 2.75) is 26.3 Å². The second-order valence-electron chi connectivity index (χ2n) is 4.28. The summed E-state index contributed by atoms with van der Waals surface area (Å²) >= 11 is 0. The molecule has 0 rings (SSSR count). The van der Waals surface area contributed by atoms with Gasteiger partial charge in [0, 0.05) is 39.7 Å². The van der Waals surface area contributed by atoms with Crippen LogP contribution >= 0.6 is 0 Å². The topological polar surface area (TPSA) is 56.6 Å². The predicted molar refractivity (Wildman–Crippen MR) is 66.5 cm³/mol. The van der Waals surface area contributed by atoms with Gasteiger partial charge in [-0.1, -0.05) is 0 Å². The second-order valence-corrected chi connectivity index (χ2v) is 4.28. The van der Waals surface area contributed by atoms with Crippen molar-refractivity contribution < 1.29 is 9.53 Å². The highest BCUT2D eigenvalue weighted by atomic mass is 16.5. The molecular formula is C12H23N3O2. The Kier molecular flexibility index (Phi) is 8.38. The molecule has 0 aliphatic heterocycles. The number of nitrogens with zero attached hydrogens (tertiary/aromatic N) is 3. The summed E-state index contributed by atoms with van der Waals surface area (Å²) in [6.07, 6.45) is 0.433. The largest absolute Gasteiger partial charge is 0.383 e. The molecule has 0 aromatic carbocycles. The van der Waals surface area contributed by atoms with Crippen molar-refractivity contribution in [3.8, 4) is 6.07 Å². The predicted octanol–water partition coefficient (Wildman–Crippen LogP) is 0.715. The lowest BCUT2D eigenvalue weighted by Gasteiger charge is -2.26. The third-order valence-corrected chi connectivity index (χ3v) is 2.68. The summed E-state index contributed by atoms with van der Waals surface area (Å²) in [7, 11) is 3.43. The van der Waals surface area contributed by atoms with Crippen LogP contribution in [-0.4, -0.2) is 62.1 Å². The van der Waals surface area contributed by atoms with E-state index >= 15 is 0 Å². The van der Waals surface area contributed by atoms with E-state index in [4.69, 9.17) is 10.00 Å². The Morgan fingerprint density at radius 1 is 1.41 bits per heavy atom. The van der Waals surface area contributed by atoms with E-state index in [9.17, 15) is 4.79 Å². The van der Waals surface area contributed by atoms with E-state index in [1.165, 1.54) is 0 Å².